The summed E-state index contributed by atoms with van der Waals surface area (Å²) in [6.45, 7) is 0.274. The van der Waals surface area contributed by atoms with Gasteiger partial charge in [0.1, 0.15) is 5.75 Å². The van der Waals surface area contributed by atoms with Crippen LogP contribution in [0.1, 0.15) is 11.1 Å². The first kappa shape index (κ1) is 15.8. The van der Waals surface area contributed by atoms with Crippen molar-refractivity contribution in [2.24, 2.45) is 0 Å². The van der Waals surface area contributed by atoms with Crippen molar-refractivity contribution in [2.45, 2.75) is 13.0 Å². The second kappa shape index (κ2) is 7.45. The van der Waals surface area contributed by atoms with Gasteiger partial charge < -0.3 is 14.8 Å². The molecule has 0 aliphatic carbocycles. The van der Waals surface area contributed by atoms with E-state index in [4.69, 9.17) is 9.47 Å². The molecule has 1 N–H and O–H groups in total. The minimum Gasteiger partial charge on any atom is -0.497 e. The van der Waals surface area contributed by atoms with Crippen LogP contribution >= 0.6 is 0 Å². The number of benzene rings is 2. The standard InChI is InChI=1S/C17H18FNO3/c1-21-14-6-3-12(4-7-14)10-17(20)19-11-13-5-8-16(22-2)15(18)9-13/h3-9H,10-11H2,1-2H3,(H,19,20). The topological polar surface area (TPSA) is 47.6 Å². The Morgan fingerprint density at radius 1 is 1.05 bits per heavy atom. The number of hydrogen-bond donors (Lipinski definition) is 1. The highest BCUT2D eigenvalue weighted by atomic mass is 19.1. The van der Waals surface area contributed by atoms with Gasteiger partial charge >= 0.3 is 0 Å². The van der Waals surface area contributed by atoms with E-state index >= 15 is 0 Å². The predicted molar refractivity (Wildman–Crippen MR) is 81.5 cm³/mol. The van der Waals surface area contributed by atoms with Crippen LogP contribution in [0.2, 0.25) is 0 Å². The summed E-state index contributed by atoms with van der Waals surface area (Å²) < 4.78 is 23.5. The summed E-state index contributed by atoms with van der Waals surface area (Å²) in [6.07, 6.45) is 0.266. The number of hydrogen-bond acceptors (Lipinski definition) is 3. The molecule has 22 heavy (non-hydrogen) atoms. The molecule has 0 saturated heterocycles. The molecule has 2 rings (SSSR count). The van der Waals surface area contributed by atoms with Gasteiger partial charge in [-0.3, -0.25) is 4.79 Å². The lowest BCUT2D eigenvalue weighted by molar-refractivity contribution is -0.120. The normalized spacial score (nSPS) is 10.1. The number of carbonyl (C=O) groups excluding carboxylic acids is 1. The van der Waals surface area contributed by atoms with E-state index in [0.717, 1.165) is 11.3 Å². The molecule has 0 radical (unpaired) electrons. The van der Waals surface area contributed by atoms with Gasteiger partial charge in [-0.05, 0) is 35.4 Å². The monoisotopic (exact) mass is 303 g/mol. The summed E-state index contributed by atoms with van der Waals surface area (Å²) in [5.74, 6) is 0.372. The fourth-order valence-corrected chi connectivity index (χ4v) is 2.01. The van der Waals surface area contributed by atoms with Gasteiger partial charge in [0.05, 0.1) is 20.6 Å². The number of amides is 1. The molecule has 0 aromatic heterocycles. The van der Waals surface area contributed by atoms with E-state index < -0.39 is 5.82 Å². The van der Waals surface area contributed by atoms with Crippen LogP contribution in [-0.2, 0) is 17.8 Å². The molecule has 0 atom stereocenters. The molecular formula is C17H18FNO3. The van der Waals surface area contributed by atoms with Crippen molar-refractivity contribution in [2.75, 3.05) is 14.2 Å². The Hall–Kier alpha value is -2.56. The first-order valence-electron chi connectivity index (χ1n) is 6.84. The Kier molecular flexibility index (Phi) is 5.36. The zero-order valence-corrected chi connectivity index (χ0v) is 12.6. The van der Waals surface area contributed by atoms with E-state index in [9.17, 15) is 9.18 Å². The zero-order valence-electron chi connectivity index (χ0n) is 12.6. The summed E-state index contributed by atoms with van der Waals surface area (Å²) >= 11 is 0. The third kappa shape index (κ3) is 4.22. The lowest BCUT2D eigenvalue weighted by atomic mass is 10.1. The van der Waals surface area contributed by atoms with Crippen molar-refractivity contribution in [3.63, 3.8) is 0 Å². The summed E-state index contributed by atoms with van der Waals surface area (Å²) in [5, 5.41) is 2.76. The van der Waals surface area contributed by atoms with E-state index in [1.54, 1.807) is 19.2 Å². The fourth-order valence-electron chi connectivity index (χ4n) is 2.01. The van der Waals surface area contributed by atoms with Crippen molar-refractivity contribution < 1.29 is 18.7 Å². The molecule has 0 saturated carbocycles. The molecule has 5 heteroatoms. The van der Waals surface area contributed by atoms with Gasteiger partial charge in [0.25, 0.3) is 0 Å². The molecule has 1 amide bonds. The van der Waals surface area contributed by atoms with Gasteiger partial charge in [-0.2, -0.15) is 0 Å². The number of methoxy groups -OCH3 is 2. The molecule has 0 aliphatic heterocycles. The highest BCUT2D eigenvalue weighted by Crippen LogP contribution is 2.17. The Bertz CT molecular complexity index is 641. The molecule has 0 aliphatic rings. The van der Waals surface area contributed by atoms with Crippen LogP contribution in [0, 0.1) is 5.82 Å². The molecule has 0 heterocycles. The average molecular weight is 303 g/mol. The summed E-state index contributed by atoms with van der Waals surface area (Å²) in [6, 6.07) is 11.9. The van der Waals surface area contributed by atoms with Crippen molar-refractivity contribution in [3.05, 3.63) is 59.4 Å². The number of carbonyl (C=O) groups is 1. The van der Waals surface area contributed by atoms with Crippen LogP contribution in [0.25, 0.3) is 0 Å². The lowest BCUT2D eigenvalue weighted by Crippen LogP contribution is -2.24. The van der Waals surface area contributed by atoms with Crippen LogP contribution < -0.4 is 14.8 Å². The fraction of sp³-hybridized carbons (Fsp3) is 0.235. The largest absolute Gasteiger partial charge is 0.497 e. The van der Waals surface area contributed by atoms with Crippen LogP contribution in [-0.4, -0.2) is 20.1 Å². The van der Waals surface area contributed by atoms with E-state index in [2.05, 4.69) is 5.32 Å². The second-order valence-corrected chi connectivity index (χ2v) is 4.77. The van der Waals surface area contributed by atoms with Gasteiger partial charge in [0.2, 0.25) is 5.91 Å². The van der Waals surface area contributed by atoms with Crippen molar-refractivity contribution >= 4 is 5.91 Å². The molecule has 4 nitrogen and oxygen atoms in total. The zero-order chi connectivity index (χ0) is 15.9. The first-order chi connectivity index (χ1) is 10.6. The molecule has 116 valence electrons. The number of ether oxygens (including phenoxy) is 2. The van der Waals surface area contributed by atoms with Crippen LogP contribution in [0.3, 0.4) is 0 Å². The molecule has 2 aromatic carbocycles. The molecule has 0 fully saturated rings. The maximum absolute atomic E-state index is 13.5. The average Bonchev–Trinajstić information content (AvgIpc) is 2.54. The van der Waals surface area contributed by atoms with E-state index in [0.29, 0.717) is 5.56 Å². The van der Waals surface area contributed by atoms with Gasteiger partial charge in [0.15, 0.2) is 11.6 Å². The molecular weight excluding hydrogens is 285 g/mol. The van der Waals surface area contributed by atoms with Crippen molar-refractivity contribution in [3.8, 4) is 11.5 Å². The molecule has 0 unspecified atom stereocenters. The minimum absolute atomic E-state index is 0.124. The second-order valence-electron chi connectivity index (χ2n) is 4.77. The first-order valence-corrected chi connectivity index (χ1v) is 6.84. The lowest BCUT2D eigenvalue weighted by Gasteiger charge is -2.08. The summed E-state index contributed by atoms with van der Waals surface area (Å²) in [7, 11) is 3.00. The van der Waals surface area contributed by atoms with E-state index in [-0.39, 0.29) is 24.6 Å². The third-order valence-electron chi connectivity index (χ3n) is 3.23. The highest BCUT2D eigenvalue weighted by molar-refractivity contribution is 5.78. The van der Waals surface area contributed by atoms with E-state index in [1.165, 1.54) is 13.2 Å². The maximum atomic E-state index is 13.5. The summed E-state index contributed by atoms with van der Waals surface area (Å²) in [5.41, 5.74) is 1.57. The Balaban J connectivity index is 1.88. The maximum Gasteiger partial charge on any atom is 0.224 e. The van der Waals surface area contributed by atoms with Gasteiger partial charge in [0, 0.05) is 6.54 Å². The third-order valence-corrected chi connectivity index (χ3v) is 3.23. The van der Waals surface area contributed by atoms with Crippen molar-refractivity contribution in [1.82, 2.24) is 5.32 Å². The van der Waals surface area contributed by atoms with Crippen molar-refractivity contribution in [1.29, 1.82) is 0 Å². The highest BCUT2D eigenvalue weighted by Gasteiger charge is 2.06. The van der Waals surface area contributed by atoms with Crippen LogP contribution in [0.4, 0.5) is 4.39 Å². The SMILES string of the molecule is COc1ccc(CC(=O)NCc2ccc(OC)c(F)c2)cc1. The Labute approximate surface area is 128 Å². The van der Waals surface area contributed by atoms with Gasteiger partial charge in [-0.15, -0.1) is 0 Å². The number of rotatable bonds is 6. The molecule has 2 aromatic rings. The van der Waals surface area contributed by atoms with E-state index in [1.807, 2.05) is 24.3 Å². The number of nitrogens with one attached hydrogen (secondary N) is 1. The van der Waals surface area contributed by atoms with Gasteiger partial charge in [-0.1, -0.05) is 18.2 Å². The minimum atomic E-state index is -0.440. The predicted octanol–water partition coefficient (Wildman–Crippen LogP) is 2.70. The smallest absolute Gasteiger partial charge is 0.224 e. The summed E-state index contributed by atoms with van der Waals surface area (Å²) in [4.78, 5) is 11.9. The quantitative estimate of drug-likeness (QED) is 0.892. The van der Waals surface area contributed by atoms with Gasteiger partial charge in [-0.25, -0.2) is 4.39 Å². The Morgan fingerprint density at radius 3 is 2.32 bits per heavy atom. The molecule has 0 spiro atoms. The number of halogens is 1. The van der Waals surface area contributed by atoms with Crippen LogP contribution in [0.5, 0.6) is 11.5 Å². The molecule has 0 bridgehead atoms. The Morgan fingerprint density at radius 2 is 1.73 bits per heavy atom. The van der Waals surface area contributed by atoms with Crippen LogP contribution in [0.15, 0.2) is 42.5 Å².